The van der Waals surface area contributed by atoms with E-state index in [2.05, 4.69) is 11.8 Å². The van der Waals surface area contributed by atoms with Crippen molar-refractivity contribution in [2.24, 2.45) is 11.8 Å². The van der Waals surface area contributed by atoms with Crippen LogP contribution in [0.5, 0.6) is 0 Å². The normalized spacial score (nSPS) is 31.8. The number of carbonyl (C=O) groups excluding carboxylic acids is 1. The fourth-order valence-corrected chi connectivity index (χ4v) is 2.30. The maximum absolute atomic E-state index is 11.3. The zero-order valence-electron chi connectivity index (χ0n) is 8.46. The number of hydrogen-bond acceptors (Lipinski definition) is 2. The van der Waals surface area contributed by atoms with Gasteiger partial charge in [0.15, 0.2) is 0 Å². The van der Waals surface area contributed by atoms with Crippen LogP contribution in [0.2, 0.25) is 0 Å². The molecule has 0 aromatic carbocycles. The minimum absolute atomic E-state index is 0.286. The number of likely N-dealkylation sites (tertiary alicyclic amines) is 1. The zero-order valence-corrected chi connectivity index (χ0v) is 8.46. The Morgan fingerprint density at radius 3 is 2.77 bits per heavy atom. The van der Waals surface area contributed by atoms with Gasteiger partial charge in [0.1, 0.15) is 5.78 Å². The van der Waals surface area contributed by atoms with Crippen LogP contribution in [0.3, 0.4) is 0 Å². The first-order valence-electron chi connectivity index (χ1n) is 5.51. The second-order valence-corrected chi connectivity index (χ2v) is 4.67. The highest BCUT2D eigenvalue weighted by Crippen LogP contribution is 2.28. The van der Waals surface area contributed by atoms with Gasteiger partial charge in [-0.1, -0.05) is 13.3 Å². The SMILES string of the molecule is CC1CN(CC2CCC2)CCC1=O. The molecule has 1 heterocycles. The van der Waals surface area contributed by atoms with Crippen LogP contribution in [0.4, 0.5) is 0 Å². The molecule has 1 unspecified atom stereocenters. The smallest absolute Gasteiger partial charge is 0.138 e. The van der Waals surface area contributed by atoms with E-state index in [1.54, 1.807) is 0 Å². The predicted molar refractivity (Wildman–Crippen MR) is 52.6 cm³/mol. The molecule has 0 aromatic heterocycles. The fourth-order valence-electron chi connectivity index (χ4n) is 2.30. The van der Waals surface area contributed by atoms with Gasteiger partial charge in [-0.2, -0.15) is 0 Å². The molecule has 2 aliphatic rings. The standard InChI is InChI=1S/C11H19NO/c1-9-7-12(6-5-11(9)13)8-10-3-2-4-10/h9-10H,2-8H2,1H3. The van der Waals surface area contributed by atoms with Gasteiger partial charge in [0.2, 0.25) is 0 Å². The molecule has 1 atom stereocenters. The first-order chi connectivity index (χ1) is 6.25. The molecular weight excluding hydrogens is 162 g/mol. The van der Waals surface area contributed by atoms with E-state index in [1.165, 1.54) is 25.8 Å². The van der Waals surface area contributed by atoms with Gasteiger partial charge in [0.05, 0.1) is 0 Å². The predicted octanol–water partition coefficient (Wildman–Crippen LogP) is 1.70. The highest BCUT2D eigenvalue weighted by molar-refractivity contribution is 5.81. The van der Waals surface area contributed by atoms with Crippen molar-refractivity contribution in [2.45, 2.75) is 32.6 Å². The van der Waals surface area contributed by atoms with Crippen LogP contribution >= 0.6 is 0 Å². The third-order valence-electron chi connectivity index (χ3n) is 3.50. The lowest BCUT2D eigenvalue weighted by atomic mass is 9.84. The van der Waals surface area contributed by atoms with E-state index < -0.39 is 0 Å². The van der Waals surface area contributed by atoms with Gasteiger partial charge in [-0.3, -0.25) is 4.79 Å². The van der Waals surface area contributed by atoms with Crippen molar-refractivity contribution in [1.29, 1.82) is 0 Å². The third-order valence-corrected chi connectivity index (χ3v) is 3.50. The summed E-state index contributed by atoms with van der Waals surface area (Å²) >= 11 is 0. The van der Waals surface area contributed by atoms with E-state index >= 15 is 0 Å². The molecule has 2 fully saturated rings. The fraction of sp³-hybridized carbons (Fsp3) is 0.909. The van der Waals surface area contributed by atoms with Gasteiger partial charge < -0.3 is 4.90 Å². The first-order valence-corrected chi connectivity index (χ1v) is 5.51. The maximum atomic E-state index is 11.3. The summed E-state index contributed by atoms with van der Waals surface area (Å²) in [6.45, 7) is 5.34. The summed E-state index contributed by atoms with van der Waals surface area (Å²) in [6.07, 6.45) is 5.04. The molecule has 0 amide bonds. The van der Waals surface area contributed by atoms with Crippen LogP contribution in [0.1, 0.15) is 32.6 Å². The van der Waals surface area contributed by atoms with Crippen molar-refractivity contribution >= 4 is 5.78 Å². The van der Waals surface area contributed by atoms with Gasteiger partial charge in [0.25, 0.3) is 0 Å². The van der Waals surface area contributed by atoms with Crippen LogP contribution < -0.4 is 0 Å². The second kappa shape index (κ2) is 3.79. The maximum Gasteiger partial charge on any atom is 0.138 e. The van der Waals surface area contributed by atoms with Crippen molar-refractivity contribution in [3.05, 3.63) is 0 Å². The third kappa shape index (κ3) is 2.11. The molecule has 13 heavy (non-hydrogen) atoms. The summed E-state index contributed by atoms with van der Waals surface area (Å²) in [5.74, 6) is 1.69. The van der Waals surface area contributed by atoms with Crippen LogP contribution in [-0.4, -0.2) is 30.3 Å². The van der Waals surface area contributed by atoms with Crippen molar-refractivity contribution < 1.29 is 4.79 Å². The van der Waals surface area contributed by atoms with Crippen molar-refractivity contribution in [1.82, 2.24) is 4.90 Å². The van der Waals surface area contributed by atoms with E-state index in [-0.39, 0.29) is 5.92 Å². The average Bonchev–Trinajstić information content (AvgIpc) is 2.04. The molecule has 0 radical (unpaired) electrons. The summed E-state index contributed by atoms with van der Waals surface area (Å²) in [6, 6.07) is 0. The van der Waals surface area contributed by atoms with Crippen molar-refractivity contribution in [2.75, 3.05) is 19.6 Å². The highest BCUT2D eigenvalue weighted by atomic mass is 16.1. The molecule has 0 bridgehead atoms. The Morgan fingerprint density at radius 2 is 2.23 bits per heavy atom. The lowest BCUT2D eigenvalue weighted by Crippen LogP contribution is -2.42. The van der Waals surface area contributed by atoms with Gasteiger partial charge in [-0.05, 0) is 18.8 Å². The van der Waals surface area contributed by atoms with Gasteiger partial charge in [0, 0.05) is 32.0 Å². The van der Waals surface area contributed by atoms with Gasteiger partial charge >= 0.3 is 0 Å². The molecule has 2 heteroatoms. The topological polar surface area (TPSA) is 20.3 Å². The lowest BCUT2D eigenvalue weighted by molar-refractivity contribution is -0.125. The second-order valence-electron chi connectivity index (χ2n) is 4.67. The van der Waals surface area contributed by atoms with E-state index in [1.807, 2.05) is 0 Å². The van der Waals surface area contributed by atoms with E-state index in [4.69, 9.17) is 0 Å². The Bertz CT molecular complexity index is 198. The number of carbonyl (C=O) groups is 1. The summed E-state index contributed by atoms with van der Waals surface area (Å²) in [5, 5.41) is 0. The number of ketones is 1. The zero-order chi connectivity index (χ0) is 9.26. The highest BCUT2D eigenvalue weighted by Gasteiger charge is 2.26. The first kappa shape index (κ1) is 9.20. The largest absolute Gasteiger partial charge is 0.302 e. The Kier molecular flexibility index (Phi) is 2.68. The monoisotopic (exact) mass is 181 g/mol. The summed E-state index contributed by atoms with van der Waals surface area (Å²) in [5.41, 5.74) is 0. The number of hydrogen-bond donors (Lipinski definition) is 0. The van der Waals surface area contributed by atoms with Crippen molar-refractivity contribution in [3.8, 4) is 0 Å². The number of nitrogens with zero attached hydrogens (tertiary/aromatic N) is 1. The van der Waals surface area contributed by atoms with E-state index in [9.17, 15) is 4.79 Å². The molecule has 1 saturated heterocycles. The number of rotatable bonds is 2. The molecule has 0 spiro atoms. The number of Topliss-reactive ketones (excluding diaryl/α,β-unsaturated/α-hetero) is 1. The minimum Gasteiger partial charge on any atom is -0.302 e. The Hall–Kier alpha value is -0.370. The lowest BCUT2D eigenvalue weighted by Gasteiger charge is -2.36. The molecule has 2 nitrogen and oxygen atoms in total. The molecule has 1 saturated carbocycles. The summed E-state index contributed by atoms with van der Waals surface area (Å²) in [4.78, 5) is 13.8. The minimum atomic E-state index is 0.286. The molecule has 0 N–H and O–H groups in total. The van der Waals surface area contributed by atoms with E-state index in [0.717, 1.165) is 25.4 Å². The van der Waals surface area contributed by atoms with Crippen molar-refractivity contribution in [3.63, 3.8) is 0 Å². The quantitative estimate of drug-likeness (QED) is 0.646. The molecule has 1 aliphatic heterocycles. The molecule has 2 rings (SSSR count). The van der Waals surface area contributed by atoms with Gasteiger partial charge in [-0.25, -0.2) is 0 Å². The Balaban J connectivity index is 1.77. The van der Waals surface area contributed by atoms with Crippen LogP contribution in [0.15, 0.2) is 0 Å². The summed E-state index contributed by atoms with van der Waals surface area (Å²) < 4.78 is 0. The Morgan fingerprint density at radius 1 is 1.46 bits per heavy atom. The molecule has 0 aromatic rings. The summed E-state index contributed by atoms with van der Waals surface area (Å²) in [7, 11) is 0. The van der Waals surface area contributed by atoms with E-state index in [0.29, 0.717) is 5.78 Å². The van der Waals surface area contributed by atoms with Crippen LogP contribution in [-0.2, 0) is 4.79 Å². The van der Waals surface area contributed by atoms with Crippen LogP contribution in [0.25, 0.3) is 0 Å². The van der Waals surface area contributed by atoms with Crippen LogP contribution in [0, 0.1) is 11.8 Å². The average molecular weight is 181 g/mol. The molecule has 74 valence electrons. The molecular formula is C11H19NO. The van der Waals surface area contributed by atoms with Gasteiger partial charge in [-0.15, -0.1) is 0 Å². The number of piperidine rings is 1. The Labute approximate surface area is 80.3 Å². The molecule has 1 aliphatic carbocycles.